The molecule has 0 aromatic heterocycles. The molecule has 1 aromatic rings. The summed E-state index contributed by atoms with van der Waals surface area (Å²) < 4.78 is 20.9. The van der Waals surface area contributed by atoms with E-state index in [0.29, 0.717) is 5.56 Å². The van der Waals surface area contributed by atoms with E-state index < -0.39 is 17.3 Å². The van der Waals surface area contributed by atoms with Crippen LogP contribution in [0.5, 0.6) is 0 Å². The molecule has 5 heteroatoms. The normalized spacial score (nSPS) is 32.0. The molecule has 1 amide bonds. The van der Waals surface area contributed by atoms with Crippen molar-refractivity contribution >= 4 is 5.91 Å². The Morgan fingerprint density at radius 3 is 2.55 bits per heavy atom. The highest BCUT2D eigenvalue weighted by Gasteiger charge is 2.53. The van der Waals surface area contributed by atoms with Crippen LogP contribution in [0.3, 0.4) is 0 Å². The van der Waals surface area contributed by atoms with Crippen molar-refractivity contribution in [3.8, 4) is 0 Å². The minimum atomic E-state index is -0.733. The SMILES string of the molecule is CO[C@]1(c2cccc(C(N)=O)c2F)[C@@H]2CCC[C@H]1CN(C)C2. The molecule has 1 heterocycles. The number of benzene rings is 1. The van der Waals surface area contributed by atoms with Crippen LogP contribution < -0.4 is 5.73 Å². The molecule has 0 unspecified atom stereocenters. The summed E-state index contributed by atoms with van der Waals surface area (Å²) in [6.07, 6.45) is 3.16. The van der Waals surface area contributed by atoms with Crippen molar-refractivity contribution in [2.75, 3.05) is 27.2 Å². The average molecular weight is 306 g/mol. The zero-order valence-electron chi connectivity index (χ0n) is 13.1. The molecule has 1 aromatic carbocycles. The molecule has 120 valence electrons. The molecule has 3 rings (SSSR count). The smallest absolute Gasteiger partial charge is 0.251 e. The lowest BCUT2D eigenvalue weighted by Gasteiger charge is -2.54. The number of hydrogen-bond acceptors (Lipinski definition) is 3. The molecule has 1 aliphatic carbocycles. The lowest BCUT2D eigenvalue weighted by Crippen LogP contribution is -2.58. The monoisotopic (exact) mass is 306 g/mol. The van der Waals surface area contributed by atoms with Crippen LogP contribution in [0.25, 0.3) is 0 Å². The summed E-state index contributed by atoms with van der Waals surface area (Å²) in [4.78, 5) is 13.8. The van der Waals surface area contributed by atoms with E-state index in [0.717, 1.165) is 32.4 Å². The first-order valence-electron chi connectivity index (χ1n) is 7.83. The van der Waals surface area contributed by atoms with Gasteiger partial charge in [0.25, 0.3) is 5.91 Å². The van der Waals surface area contributed by atoms with Crippen molar-refractivity contribution in [1.29, 1.82) is 0 Å². The Hall–Kier alpha value is -1.46. The zero-order chi connectivity index (χ0) is 15.9. The van der Waals surface area contributed by atoms with Gasteiger partial charge in [-0.15, -0.1) is 0 Å². The van der Waals surface area contributed by atoms with Crippen LogP contribution in [0.4, 0.5) is 4.39 Å². The van der Waals surface area contributed by atoms with Crippen molar-refractivity contribution in [3.05, 3.63) is 35.1 Å². The van der Waals surface area contributed by atoms with E-state index >= 15 is 0 Å². The Labute approximate surface area is 130 Å². The number of carbonyl (C=O) groups excluding carboxylic acids is 1. The lowest BCUT2D eigenvalue weighted by molar-refractivity contribution is -0.167. The second-order valence-electron chi connectivity index (χ2n) is 6.57. The maximum absolute atomic E-state index is 14.9. The van der Waals surface area contributed by atoms with Crippen molar-refractivity contribution in [3.63, 3.8) is 0 Å². The maximum Gasteiger partial charge on any atom is 0.251 e. The van der Waals surface area contributed by atoms with Crippen molar-refractivity contribution in [1.82, 2.24) is 4.90 Å². The van der Waals surface area contributed by atoms with Gasteiger partial charge in [0.1, 0.15) is 11.4 Å². The van der Waals surface area contributed by atoms with Crippen LogP contribution in [0, 0.1) is 17.7 Å². The molecule has 2 aliphatic rings. The van der Waals surface area contributed by atoms with Crippen LogP contribution in [0.2, 0.25) is 0 Å². The Bertz CT molecular complexity index is 576. The molecule has 2 bridgehead atoms. The van der Waals surface area contributed by atoms with E-state index in [4.69, 9.17) is 10.5 Å². The van der Waals surface area contributed by atoms with Gasteiger partial charge < -0.3 is 15.4 Å². The van der Waals surface area contributed by atoms with E-state index in [1.165, 1.54) is 6.07 Å². The Morgan fingerprint density at radius 1 is 1.36 bits per heavy atom. The summed E-state index contributed by atoms with van der Waals surface area (Å²) in [6, 6.07) is 4.89. The summed E-state index contributed by atoms with van der Waals surface area (Å²) in [5, 5.41) is 0. The van der Waals surface area contributed by atoms with Gasteiger partial charge in [0.15, 0.2) is 0 Å². The fourth-order valence-electron chi connectivity index (χ4n) is 4.56. The summed E-state index contributed by atoms with van der Waals surface area (Å²) in [5.74, 6) is -0.790. The van der Waals surface area contributed by atoms with Gasteiger partial charge >= 0.3 is 0 Å². The molecule has 0 radical (unpaired) electrons. The minimum Gasteiger partial charge on any atom is -0.373 e. The highest BCUT2D eigenvalue weighted by Crippen LogP contribution is 2.52. The van der Waals surface area contributed by atoms with Crippen LogP contribution in [-0.2, 0) is 10.3 Å². The topological polar surface area (TPSA) is 55.6 Å². The Kier molecular flexibility index (Phi) is 3.95. The fraction of sp³-hybridized carbons (Fsp3) is 0.588. The first-order valence-corrected chi connectivity index (χ1v) is 7.83. The molecule has 1 saturated heterocycles. The summed E-state index contributed by atoms with van der Waals surface area (Å²) in [6.45, 7) is 1.76. The predicted molar refractivity (Wildman–Crippen MR) is 81.9 cm³/mol. The second kappa shape index (κ2) is 5.63. The summed E-state index contributed by atoms with van der Waals surface area (Å²) >= 11 is 0. The van der Waals surface area contributed by atoms with E-state index in [9.17, 15) is 9.18 Å². The van der Waals surface area contributed by atoms with Gasteiger partial charge in [-0.3, -0.25) is 4.79 Å². The molecule has 3 atom stereocenters. The lowest BCUT2D eigenvalue weighted by atomic mass is 9.62. The van der Waals surface area contributed by atoms with Crippen LogP contribution >= 0.6 is 0 Å². The average Bonchev–Trinajstić information content (AvgIpc) is 2.46. The second-order valence-corrected chi connectivity index (χ2v) is 6.57. The first kappa shape index (κ1) is 15.4. The molecular formula is C17H23FN2O2. The van der Waals surface area contributed by atoms with Gasteiger partial charge in [-0.2, -0.15) is 0 Å². The summed E-state index contributed by atoms with van der Waals surface area (Å²) in [5.41, 5.74) is 5.10. The number of ether oxygens (including phenoxy) is 1. The number of hydrogen-bond donors (Lipinski definition) is 1. The number of nitrogens with two attached hydrogens (primary N) is 1. The van der Waals surface area contributed by atoms with Crippen LogP contribution in [-0.4, -0.2) is 38.1 Å². The van der Waals surface area contributed by atoms with E-state index in [1.54, 1.807) is 19.2 Å². The quantitative estimate of drug-likeness (QED) is 0.931. The number of rotatable bonds is 3. The molecule has 22 heavy (non-hydrogen) atoms. The standard InChI is InChI=1S/C17H23FN2O2/c1-20-9-11-5-3-6-12(10-20)17(11,22-2)14-8-4-7-13(15(14)18)16(19)21/h4,7-8,11-12H,3,5-6,9-10H2,1-2H3,(H2,19,21)/t11-,12+,17-. The van der Waals surface area contributed by atoms with Crippen LogP contribution in [0.1, 0.15) is 35.2 Å². The number of methoxy groups -OCH3 is 1. The largest absolute Gasteiger partial charge is 0.373 e. The van der Waals surface area contributed by atoms with E-state index in [2.05, 4.69) is 11.9 Å². The third kappa shape index (κ3) is 2.15. The van der Waals surface area contributed by atoms with Crippen LogP contribution in [0.15, 0.2) is 18.2 Å². The molecule has 2 fully saturated rings. The molecule has 1 aliphatic heterocycles. The van der Waals surface area contributed by atoms with Gasteiger partial charge in [0, 0.05) is 37.6 Å². The third-order valence-corrected chi connectivity index (χ3v) is 5.41. The zero-order valence-corrected chi connectivity index (χ0v) is 13.1. The maximum atomic E-state index is 14.9. The van der Waals surface area contributed by atoms with Gasteiger partial charge in [-0.25, -0.2) is 4.39 Å². The number of amides is 1. The van der Waals surface area contributed by atoms with Gasteiger partial charge in [-0.1, -0.05) is 18.6 Å². The van der Waals surface area contributed by atoms with Gasteiger partial charge in [-0.05, 0) is 26.0 Å². The predicted octanol–water partition coefficient (Wildman–Crippen LogP) is 2.13. The number of nitrogens with zero attached hydrogens (tertiary/aromatic N) is 1. The highest BCUT2D eigenvalue weighted by atomic mass is 19.1. The molecule has 4 nitrogen and oxygen atoms in total. The number of carbonyl (C=O) groups is 1. The number of likely N-dealkylation sites (tertiary alicyclic amines) is 1. The molecular weight excluding hydrogens is 283 g/mol. The van der Waals surface area contributed by atoms with E-state index in [1.807, 2.05) is 0 Å². The van der Waals surface area contributed by atoms with Crippen molar-refractivity contribution < 1.29 is 13.9 Å². The highest BCUT2D eigenvalue weighted by molar-refractivity contribution is 5.93. The Balaban J connectivity index is 2.15. The molecule has 2 N–H and O–H groups in total. The number of halogens is 1. The van der Waals surface area contributed by atoms with Crippen molar-refractivity contribution in [2.24, 2.45) is 17.6 Å². The van der Waals surface area contributed by atoms with E-state index in [-0.39, 0.29) is 17.4 Å². The number of primary amides is 1. The summed E-state index contributed by atoms with van der Waals surface area (Å²) in [7, 11) is 3.76. The van der Waals surface area contributed by atoms with Gasteiger partial charge in [0.2, 0.25) is 0 Å². The fourth-order valence-corrected chi connectivity index (χ4v) is 4.56. The van der Waals surface area contributed by atoms with Crippen molar-refractivity contribution in [2.45, 2.75) is 24.9 Å². The first-order chi connectivity index (χ1) is 10.5. The third-order valence-electron chi connectivity index (χ3n) is 5.41. The van der Waals surface area contributed by atoms with Gasteiger partial charge in [0.05, 0.1) is 5.56 Å². The minimum absolute atomic E-state index is 0.0501. The molecule has 0 spiro atoms. The number of piperidine rings is 1. The Morgan fingerprint density at radius 2 is 2.00 bits per heavy atom. The number of fused-ring (bicyclic) bond motifs is 2. The molecule has 1 saturated carbocycles.